The number of nitrogens with one attached hydrogen (secondary N) is 2. The van der Waals surface area contributed by atoms with Crippen LogP contribution in [0.3, 0.4) is 0 Å². The van der Waals surface area contributed by atoms with Gasteiger partial charge >= 0.3 is 5.97 Å². The molecule has 0 unspecified atom stereocenters. The maximum absolute atomic E-state index is 12.4. The van der Waals surface area contributed by atoms with Crippen LogP contribution in [0.25, 0.3) is 0 Å². The standard InChI is InChI=1S/C21H24N2O4/c1-4-16-12-8-9-14(2)19(16)23-20(25)15(3)27-18(24)13-22-21(26)17-10-6-5-7-11-17/h5-12,15H,4,13H2,1-3H3,(H,22,26)(H,23,25)/t15-/m1/s1. The van der Waals surface area contributed by atoms with Crippen molar-refractivity contribution in [2.24, 2.45) is 0 Å². The van der Waals surface area contributed by atoms with Crippen molar-refractivity contribution in [3.63, 3.8) is 0 Å². The Morgan fingerprint density at radius 2 is 1.74 bits per heavy atom. The molecule has 0 heterocycles. The summed E-state index contributed by atoms with van der Waals surface area (Å²) in [7, 11) is 0. The van der Waals surface area contributed by atoms with E-state index in [1.54, 1.807) is 30.3 Å². The van der Waals surface area contributed by atoms with Crippen molar-refractivity contribution in [1.82, 2.24) is 5.32 Å². The van der Waals surface area contributed by atoms with Crippen LogP contribution in [0.15, 0.2) is 48.5 Å². The first-order valence-corrected chi connectivity index (χ1v) is 8.84. The maximum Gasteiger partial charge on any atom is 0.326 e. The van der Waals surface area contributed by atoms with Gasteiger partial charge in [-0.1, -0.05) is 43.3 Å². The number of esters is 1. The summed E-state index contributed by atoms with van der Waals surface area (Å²) in [5.41, 5.74) is 3.14. The number of rotatable bonds is 7. The quantitative estimate of drug-likeness (QED) is 0.736. The second-order valence-electron chi connectivity index (χ2n) is 6.13. The van der Waals surface area contributed by atoms with Crippen LogP contribution < -0.4 is 10.6 Å². The average Bonchev–Trinajstić information content (AvgIpc) is 2.68. The number of para-hydroxylation sites is 1. The lowest BCUT2D eigenvalue weighted by atomic mass is 10.1. The molecule has 142 valence electrons. The average molecular weight is 368 g/mol. The highest BCUT2D eigenvalue weighted by Crippen LogP contribution is 2.21. The lowest BCUT2D eigenvalue weighted by molar-refractivity contribution is -0.152. The first-order chi connectivity index (χ1) is 12.9. The highest BCUT2D eigenvalue weighted by atomic mass is 16.5. The molecule has 2 N–H and O–H groups in total. The third-order valence-electron chi connectivity index (χ3n) is 4.09. The number of hydrogen-bond donors (Lipinski definition) is 2. The molecule has 6 heteroatoms. The molecule has 2 aromatic carbocycles. The van der Waals surface area contributed by atoms with Gasteiger partial charge in [-0.3, -0.25) is 14.4 Å². The largest absolute Gasteiger partial charge is 0.451 e. The van der Waals surface area contributed by atoms with Gasteiger partial charge in [-0.2, -0.15) is 0 Å². The number of ether oxygens (including phenoxy) is 1. The topological polar surface area (TPSA) is 84.5 Å². The van der Waals surface area contributed by atoms with Gasteiger partial charge < -0.3 is 15.4 Å². The van der Waals surface area contributed by atoms with Crippen molar-refractivity contribution < 1.29 is 19.1 Å². The van der Waals surface area contributed by atoms with Gasteiger partial charge in [-0.25, -0.2) is 0 Å². The molecule has 0 fully saturated rings. The smallest absolute Gasteiger partial charge is 0.326 e. The number of carbonyl (C=O) groups is 3. The molecular formula is C21H24N2O4. The van der Waals surface area contributed by atoms with E-state index in [1.807, 2.05) is 32.0 Å². The third-order valence-corrected chi connectivity index (χ3v) is 4.09. The molecule has 2 amide bonds. The van der Waals surface area contributed by atoms with Gasteiger partial charge in [0.2, 0.25) is 0 Å². The van der Waals surface area contributed by atoms with Gasteiger partial charge in [0.25, 0.3) is 11.8 Å². The van der Waals surface area contributed by atoms with Gasteiger partial charge in [0.1, 0.15) is 6.54 Å². The zero-order valence-corrected chi connectivity index (χ0v) is 15.7. The molecule has 0 radical (unpaired) electrons. The van der Waals surface area contributed by atoms with Crippen LogP contribution in [0, 0.1) is 6.92 Å². The van der Waals surface area contributed by atoms with Crippen LogP contribution >= 0.6 is 0 Å². The minimum atomic E-state index is -0.976. The minimum absolute atomic E-state index is 0.310. The Hall–Kier alpha value is -3.15. The molecule has 0 aliphatic carbocycles. The van der Waals surface area contributed by atoms with Crippen molar-refractivity contribution in [3.8, 4) is 0 Å². The van der Waals surface area contributed by atoms with E-state index in [4.69, 9.17) is 4.74 Å². The summed E-state index contributed by atoms with van der Waals surface area (Å²) in [4.78, 5) is 36.2. The van der Waals surface area contributed by atoms with Crippen molar-refractivity contribution >= 4 is 23.5 Å². The number of anilines is 1. The molecule has 0 bridgehead atoms. The summed E-state index contributed by atoms with van der Waals surface area (Å²) in [5, 5.41) is 5.30. The van der Waals surface area contributed by atoms with Crippen molar-refractivity contribution in [3.05, 3.63) is 65.2 Å². The molecule has 0 spiro atoms. The predicted octanol–water partition coefficient (Wildman–Crippen LogP) is 2.86. The van der Waals surface area contributed by atoms with E-state index in [2.05, 4.69) is 10.6 Å². The first kappa shape index (κ1) is 20.2. The van der Waals surface area contributed by atoms with E-state index < -0.39 is 18.0 Å². The first-order valence-electron chi connectivity index (χ1n) is 8.84. The van der Waals surface area contributed by atoms with Gasteiger partial charge in [0, 0.05) is 11.3 Å². The zero-order valence-electron chi connectivity index (χ0n) is 15.7. The molecule has 0 aliphatic rings. The fraction of sp³-hybridized carbons (Fsp3) is 0.286. The van der Waals surface area contributed by atoms with E-state index in [0.29, 0.717) is 5.56 Å². The van der Waals surface area contributed by atoms with Crippen LogP contribution in [-0.2, 0) is 20.7 Å². The summed E-state index contributed by atoms with van der Waals surface area (Å²) in [6.45, 7) is 5.10. The fourth-order valence-corrected chi connectivity index (χ4v) is 2.56. The molecule has 2 aromatic rings. The molecule has 6 nitrogen and oxygen atoms in total. The molecular weight excluding hydrogens is 344 g/mol. The molecule has 1 atom stereocenters. The normalized spacial score (nSPS) is 11.4. The Kier molecular flexibility index (Phi) is 7.11. The predicted molar refractivity (Wildman–Crippen MR) is 104 cm³/mol. The number of hydrogen-bond acceptors (Lipinski definition) is 4. The number of aryl methyl sites for hydroxylation is 2. The van der Waals surface area contributed by atoms with Crippen LogP contribution in [0.1, 0.15) is 35.3 Å². The van der Waals surface area contributed by atoms with E-state index in [9.17, 15) is 14.4 Å². The minimum Gasteiger partial charge on any atom is -0.451 e. The second-order valence-corrected chi connectivity index (χ2v) is 6.13. The summed E-state index contributed by atoms with van der Waals surface area (Å²) in [6, 6.07) is 14.3. The maximum atomic E-state index is 12.4. The molecule has 0 aromatic heterocycles. The molecule has 0 saturated carbocycles. The van der Waals surface area contributed by atoms with Crippen molar-refractivity contribution in [1.29, 1.82) is 0 Å². The van der Waals surface area contributed by atoms with Gasteiger partial charge in [0.05, 0.1) is 0 Å². The van der Waals surface area contributed by atoms with Crippen LogP contribution in [-0.4, -0.2) is 30.4 Å². The Bertz CT molecular complexity index is 818. The molecule has 2 rings (SSSR count). The monoisotopic (exact) mass is 368 g/mol. The molecule has 27 heavy (non-hydrogen) atoms. The third kappa shape index (κ3) is 5.67. The lowest BCUT2D eigenvalue weighted by Gasteiger charge is -2.17. The van der Waals surface area contributed by atoms with Gasteiger partial charge in [-0.15, -0.1) is 0 Å². The Balaban J connectivity index is 1.87. The fourth-order valence-electron chi connectivity index (χ4n) is 2.56. The lowest BCUT2D eigenvalue weighted by Crippen LogP contribution is -2.36. The summed E-state index contributed by atoms with van der Waals surface area (Å²) in [6.07, 6.45) is -0.202. The van der Waals surface area contributed by atoms with Crippen LogP contribution in [0.2, 0.25) is 0 Å². The second kappa shape index (κ2) is 9.52. The van der Waals surface area contributed by atoms with Gasteiger partial charge in [0.15, 0.2) is 6.10 Å². The SMILES string of the molecule is CCc1cccc(C)c1NC(=O)[C@@H](C)OC(=O)CNC(=O)c1ccccc1. The van der Waals surface area contributed by atoms with E-state index in [-0.39, 0.29) is 12.5 Å². The summed E-state index contributed by atoms with van der Waals surface area (Å²) in [5.74, 6) is -1.47. The van der Waals surface area contributed by atoms with Crippen LogP contribution in [0.4, 0.5) is 5.69 Å². The number of carbonyl (C=O) groups excluding carboxylic acids is 3. The number of amides is 2. The van der Waals surface area contributed by atoms with Crippen molar-refractivity contribution in [2.75, 3.05) is 11.9 Å². The Morgan fingerprint density at radius 3 is 2.41 bits per heavy atom. The Labute approximate surface area is 158 Å². The molecule has 0 saturated heterocycles. The summed E-state index contributed by atoms with van der Waals surface area (Å²) >= 11 is 0. The van der Waals surface area contributed by atoms with E-state index in [0.717, 1.165) is 23.2 Å². The molecule has 0 aliphatic heterocycles. The highest BCUT2D eigenvalue weighted by molar-refractivity contribution is 5.98. The highest BCUT2D eigenvalue weighted by Gasteiger charge is 2.20. The van der Waals surface area contributed by atoms with Crippen molar-refractivity contribution in [2.45, 2.75) is 33.3 Å². The zero-order chi connectivity index (χ0) is 19.8. The Morgan fingerprint density at radius 1 is 1.04 bits per heavy atom. The van der Waals surface area contributed by atoms with E-state index >= 15 is 0 Å². The van der Waals surface area contributed by atoms with E-state index in [1.165, 1.54) is 6.92 Å². The van der Waals surface area contributed by atoms with Crippen LogP contribution in [0.5, 0.6) is 0 Å². The summed E-state index contributed by atoms with van der Waals surface area (Å²) < 4.78 is 5.12. The van der Waals surface area contributed by atoms with Gasteiger partial charge in [-0.05, 0) is 43.5 Å². The number of benzene rings is 2.